The van der Waals surface area contributed by atoms with E-state index in [-0.39, 0.29) is 18.2 Å². The minimum absolute atomic E-state index is 0.0450. The fourth-order valence-corrected chi connectivity index (χ4v) is 5.80. The highest BCUT2D eigenvalue weighted by Crippen LogP contribution is 2.43. The Hall–Kier alpha value is -3.43. The number of rotatable bonds is 6. The molecule has 0 saturated carbocycles. The van der Waals surface area contributed by atoms with Gasteiger partial charge in [0.1, 0.15) is 17.3 Å². The minimum Gasteiger partial charge on any atom is -0.457 e. The van der Waals surface area contributed by atoms with Crippen molar-refractivity contribution < 1.29 is 17.9 Å². The molecule has 0 bridgehead atoms. The summed E-state index contributed by atoms with van der Waals surface area (Å²) < 4.78 is 33.3. The average molecular weight is 479 g/mol. The van der Waals surface area contributed by atoms with Gasteiger partial charge in [0.05, 0.1) is 11.7 Å². The minimum atomic E-state index is -3.49. The SMILES string of the molecule is O=C(NCCS(=O)(=O)N1CCN(c2ccccn2)CC1)C1c2ccccc2Oc2ccccc21. The van der Waals surface area contributed by atoms with Gasteiger partial charge in [-0.2, -0.15) is 4.31 Å². The van der Waals surface area contributed by atoms with Crippen LogP contribution < -0.4 is 15.0 Å². The molecule has 0 unspecified atom stereocenters. The second-order valence-corrected chi connectivity index (χ2v) is 10.4. The number of piperazine rings is 1. The normalized spacial score (nSPS) is 16.3. The first-order chi connectivity index (χ1) is 16.5. The number of pyridine rings is 1. The molecule has 1 fully saturated rings. The molecule has 1 aromatic heterocycles. The van der Waals surface area contributed by atoms with Gasteiger partial charge in [-0.3, -0.25) is 4.79 Å². The molecule has 0 aliphatic carbocycles. The number of benzene rings is 2. The summed E-state index contributed by atoms with van der Waals surface area (Å²) in [5, 5.41) is 2.84. The summed E-state index contributed by atoms with van der Waals surface area (Å²) in [6, 6.07) is 20.6. The Morgan fingerprint density at radius 2 is 1.53 bits per heavy atom. The van der Waals surface area contributed by atoms with E-state index in [1.165, 1.54) is 4.31 Å². The quantitative estimate of drug-likeness (QED) is 0.586. The Labute approximate surface area is 199 Å². The maximum Gasteiger partial charge on any atom is 0.232 e. The zero-order chi connectivity index (χ0) is 23.5. The van der Waals surface area contributed by atoms with E-state index in [0.717, 1.165) is 16.9 Å². The monoisotopic (exact) mass is 478 g/mol. The maximum atomic E-state index is 13.2. The van der Waals surface area contributed by atoms with Crippen LogP contribution in [0.4, 0.5) is 5.82 Å². The molecule has 0 spiro atoms. The summed E-state index contributed by atoms with van der Waals surface area (Å²) in [5.41, 5.74) is 1.54. The molecule has 9 heteroatoms. The van der Waals surface area contributed by atoms with Crippen molar-refractivity contribution in [2.45, 2.75) is 5.92 Å². The molecule has 1 N–H and O–H groups in total. The Bertz CT molecular complexity index is 1230. The van der Waals surface area contributed by atoms with Gasteiger partial charge in [0, 0.05) is 50.0 Å². The summed E-state index contributed by atoms with van der Waals surface area (Å²) >= 11 is 0. The molecule has 0 atom stereocenters. The van der Waals surface area contributed by atoms with Crippen molar-refractivity contribution in [1.29, 1.82) is 0 Å². The highest BCUT2D eigenvalue weighted by atomic mass is 32.2. The fourth-order valence-electron chi connectivity index (χ4n) is 4.46. The molecular weight excluding hydrogens is 452 g/mol. The van der Waals surface area contributed by atoms with Crippen molar-refractivity contribution in [3.8, 4) is 11.5 Å². The summed E-state index contributed by atoms with van der Waals surface area (Å²) in [4.78, 5) is 19.6. The highest BCUT2D eigenvalue weighted by molar-refractivity contribution is 7.89. The number of nitrogens with zero attached hydrogens (tertiary/aromatic N) is 3. The topological polar surface area (TPSA) is 91.8 Å². The van der Waals surface area contributed by atoms with Gasteiger partial charge in [-0.1, -0.05) is 42.5 Å². The third kappa shape index (κ3) is 4.49. The van der Waals surface area contributed by atoms with Crippen molar-refractivity contribution in [3.63, 3.8) is 0 Å². The number of carbonyl (C=O) groups is 1. The average Bonchev–Trinajstić information content (AvgIpc) is 2.87. The van der Waals surface area contributed by atoms with Crippen molar-refractivity contribution >= 4 is 21.7 Å². The lowest BCUT2D eigenvalue weighted by molar-refractivity contribution is -0.121. The number of aromatic nitrogens is 1. The van der Waals surface area contributed by atoms with Crippen molar-refractivity contribution in [2.24, 2.45) is 0 Å². The number of ether oxygens (including phenoxy) is 1. The van der Waals surface area contributed by atoms with Gasteiger partial charge < -0.3 is 15.0 Å². The van der Waals surface area contributed by atoms with Crippen LogP contribution in [0.25, 0.3) is 0 Å². The lowest BCUT2D eigenvalue weighted by atomic mass is 9.87. The van der Waals surface area contributed by atoms with Gasteiger partial charge in [-0.05, 0) is 24.3 Å². The van der Waals surface area contributed by atoms with Gasteiger partial charge in [-0.15, -0.1) is 0 Å². The molecule has 176 valence electrons. The van der Waals surface area contributed by atoms with Gasteiger partial charge >= 0.3 is 0 Å². The lowest BCUT2D eigenvalue weighted by Crippen LogP contribution is -2.50. The van der Waals surface area contributed by atoms with Gasteiger partial charge in [0.25, 0.3) is 0 Å². The van der Waals surface area contributed by atoms with Crippen LogP contribution >= 0.6 is 0 Å². The van der Waals surface area contributed by atoms with E-state index in [1.54, 1.807) is 6.20 Å². The zero-order valence-electron chi connectivity index (χ0n) is 18.6. The first-order valence-electron chi connectivity index (χ1n) is 11.3. The molecule has 1 saturated heterocycles. The summed E-state index contributed by atoms with van der Waals surface area (Å²) in [5.74, 6) is 1.20. The molecule has 3 heterocycles. The molecule has 8 nitrogen and oxygen atoms in total. The smallest absolute Gasteiger partial charge is 0.232 e. The predicted molar refractivity (Wildman–Crippen MR) is 130 cm³/mol. The van der Waals surface area contributed by atoms with E-state index in [0.29, 0.717) is 37.7 Å². The van der Waals surface area contributed by atoms with Crippen LogP contribution in [0.2, 0.25) is 0 Å². The summed E-state index contributed by atoms with van der Waals surface area (Å²) in [6.45, 7) is 2.00. The molecule has 5 rings (SSSR count). The van der Waals surface area contributed by atoms with Crippen molar-refractivity contribution in [3.05, 3.63) is 84.1 Å². The number of amides is 1. The predicted octanol–water partition coefficient (Wildman–Crippen LogP) is 2.59. The van der Waals surface area contributed by atoms with Gasteiger partial charge in [0.15, 0.2) is 0 Å². The van der Waals surface area contributed by atoms with Crippen molar-refractivity contribution in [2.75, 3.05) is 43.4 Å². The first-order valence-corrected chi connectivity index (χ1v) is 12.9. The Balaban J connectivity index is 1.21. The van der Waals surface area contributed by atoms with E-state index in [2.05, 4.69) is 15.2 Å². The second-order valence-electron chi connectivity index (χ2n) is 8.29. The van der Waals surface area contributed by atoms with E-state index < -0.39 is 15.9 Å². The molecule has 2 aliphatic heterocycles. The van der Waals surface area contributed by atoms with Crippen molar-refractivity contribution in [1.82, 2.24) is 14.6 Å². The number of hydrogen-bond donors (Lipinski definition) is 1. The molecular formula is C25H26N4O4S. The number of nitrogens with one attached hydrogen (secondary N) is 1. The zero-order valence-corrected chi connectivity index (χ0v) is 19.4. The number of sulfonamides is 1. The summed E-state index contributed by atoms with van der Waals surface area (Å²) in [6.07, 6.45) is 1.73. The largest absolute Gasteiger partial charge is 0.457 e. The third-order valence-corrected chi connectivity index (χ3v) is 8.08. The van der Waals surface area contributed by atoms with Crippen LogP contribution in [-0.4, -0.2) is 62.1 Å². The van der Waals surface area contributed by atoms with Crippen LogP contribution in [0.3, 0.4) is 0 Å². The van der Waals surface area contributed by atoms with Crippen LogP contribution in [0.1, 0.15) is 17.0 Å². The fraction of sp³-hybridized carbons (Fsp3) is 0.280. The highest BCUT2D eigenvalue weighted by Gasteiger charge is 2.33. The van der Waals surface area contributed by atoms with Crippen LogP contribution in [-0.2, 0) is 14.8 Å². The molecule has 2 aromatic carbocycles. The lowest BCUT2D eigenvalue weighted by Gasteiger charge is -2.34. The molecule has 0 radical (unpaired) electrons. The molecule has 34 heavy (non-hydrogen) atoms. The Morgan fingerprint density at radius 3 is 2.15 bits per heavy atom. The van der Waals surface area contributed by atoms with E-state index in [4.69, 9.17) is 4.74 Å². The standard InChI is InChI=1S/C25H26N4O4S/c30-25(24-19-7-1-3-9-21(19)33-22-10-4-2-8-20(22)24)27-13-18-34(31,32)29-16-14-28(15-17-29)23-11-5-6-12-26-23/h1-12,24H,13-18H2,(H,27,30). The van der Waals surface area contributed by atoms with E-state index in [9.17, 15) is 13.2 Å². The van der Waals surface area contributed by atoms with Gasteiger partial charge in [-0.25, -0.2) is 13.4 Å². The molecule has 1 amide bonds. The van der Waals surface area contributed by atoms with E-state index in [1.807, 2.05) is 66.7 Å². The van der Waals surface area contributed by atoms with Crippen LogP contribution in [0.5, 0.6) is 11.5 Å². The van der Waals surface area contributed by atoms with Crippen LogP contribution in [0.15, 0.2) is 72.9 Å². The molecule has 2 aliphatic rings. The maximum absolute atomic E-state index is 13.2. The summed E-state index contributed by atoms with van der Waals surface area (Å²) in [7, 11) is -3.49. The Kier molecular flexibility index (Phi) is 6.21. The number of fused-ring (bicyclic) bond motifs is 2. The second kappa shape index (κ2) is 9.44. The number of carbonyl (C=O) groups excluding carboxylic acids is 1. The molecule has 3 aromatic rings. The Morgan fingerprint density at radius 1 is 0.912 bits per heavy atom. The van der Waals surface area contributed by atoms with Crippen LogP contribution in [0, 0.1) is 0 Å². The number of para-hydroxylation sites is 2. The number of hydrogen-bond acceptors (Lipinski definition) is 6. The third-order valence-electron chi connectivity index (χ3n) is 6.21. The van der Waals surface area contributed by atoms with E-state index >= 15 is 0 Å². The van der Waals surface area contributed by atoms with Gasteiger partial charge in [0.2, 0.25) is 15.9 Å². The number of anilines is 1. The first kappa shape index (κ1) is 22.4.